The minimum Gasteiger partial charge on any atom is -0.506 e. The van der Waals surface area contributed by atoms with E-state index in [4.69, 9.17) is 4.74 Å². The zero-order chi connectivity index (χ0) is 15.4. The van der Waals surface area contributed by atoms with Gasteiger partial charge in [-0.1, -0.05) is 15.9 Å². The zero-order valence-corrected chi connectivity index (χ0v) is 12.2. The molecule has 21 heavy (non-hydrogen) atoms. The minimum absolute atomic E-state index is 0.112. The number of rotatable bonds is 4. The first kappa shape index (κ1) is 15.2. The predicted molar refractivity (Wildman–Crippen MR) is 76.3 cm³/mol. The minimum atomic E-state index is -0.895. The number of aromatic hydroxyl groups is 1. The highest BCUT2D eigenvalue weighted by Gasteiger charge is 2.10. The second kappa shape index (κ2) is 6.53. The molecule has 2 rings (SSSR count). The summed E-state index contributed by atoms with van der Waals surface area (Å²) in [5.74, 6) is -2.56. The molecular weight excluding hydrogens is 348 g/mol. The Kier molecular flexibility index (Phi) is 4.74. The van der Waals surface area contributed by atoms with Crippen LogP contribution in [-0.2, 0) is 4.79 Å². The van der Waals surface area contributed by atoms with Gasteiger partial charge in [0, 0.05) is 10.5 Å². The van der Waals surface area contributed by atoms with Gasteiger partial charge in [-0.2, -0.15) is 0 Å². The molecule has 2 N–H and O–H groups in total. The lowest BCUT2D eigenvalue weighted by atomic mass is 10.3. The highest BCUT2D eigenvalue weighted by Crippen LogP contribution is 2.26. The molecule has 0 spiro atoms. The summed E-state index contributed by atoms with van der Waals surface area (Å²) in [6.45, 7) is -0.478. The van der Waals surface area contributed by atoms with Gasteiger partial charge in [0.25, 0.3) is 5.91 Å². The summed E-state index contributed by atoms with van der Waals surface area (Å²) in [5, 5.41) is 12.0. The Morgan fingerprint density at radius 1 is 1.24 bits per heavy atom. The van der Waals surface area contributed by atoms with Crippen LogP contribution in [0.15, 0.2) is 40.9 Å². The molecule has 0 aliphatic rings. The number of amides is 1. The normalized spacial score (nSPS) is 10.2. The van der Waals surface area contributed by atoms with Crippen LogP contribution in [0, 0.1) is 11.6 Å². The fourth-order valence-corrected chi connectivity index (χ4v) is 1.89. The molecule has 2 aromatic rings. The number of hydrogen-bond donors (Lipinski definition) is 2. The topological polar surface area (TPSA) is 58.6 Å². The highest BCUT2D eigenvalue weighted by molar-refractivity contribution is 9.10. The number of hydrogen-bond acceptors (Lipinski definition) is 3. The Labute approximate surface area is 127 Å². The fourth-order valence-electron chi connectivity index (χ4n) is 1.53. The number of halogens is 3. The van der Waals surface area contributed by atoms with E-state index in [0.717, 1.165) is 12.1 Å². The van der Waals surface area contributed by atoms with Crippen molar-refractivity contribution in [2.75, 3.05) is 11.9 Å². The van der Waals surface area contributed by atoms with Crippen LogP contribution in [0.2, 0.25) is 0 Å². The largest absolute Gasteiger partial charge is 0.506 e. The van der Waals surface area contributed by atoms with Crippen molar-refractivity contribution in [3.63, 3.8) is 0 Å². The number of carbonyl (C=O) groups is 1. The Bertz CT molecular complexity index is 679. The Morgan fingerprint density at radius 3 is 2.71 bits per heavy atom. The molecule has 110 valence electrons. The summed E-state index contributed by atoms with van der Waals surface area (Å²) in [6.07, 6.45) is 0. The van der Waals surface area contributed by atoms with Gasteiger partial charge in [0.15, 0.2) is 18.2 Å². The highest BCUT2D eigenvalue weighted by atomic mass is 79.9. The monoisotopic (exact) mass is 357 g/mol. The third-order valence-electron chi connectivity index (χ3n) is 2.49. The maximum absolute atomic E-state index is 13.3. The molecule has 0 saturated heterocycles. The lowest BCUT2D eigenvalue weighted by Gasteiger charge is -2.09. The van der Waals surface area contributed by atoms with E-state index >= 15 is 0 Å². The van der Waals surface area contributed by atoms with Crippen LogP contribution < -0.4 is 10.1 Å². The summed E-state index contributed by atoms with van der Waals surface area (Å²) >= 11 is 3.20. The molecule has 0 saturated carbocycles. The Hall–Kier alpha value is -2.15. The number of benzene rings is 2. The lowest BCUT2D eigenvalue weighted by Crippen LogP contribution is -2.20. The second-order valence-electron chi connectivity index (χ2n) is 4.07. The van der Waals surface area contributed by atoms with Gasteiger partial charge in [0.1, 0.15) is 11.6 Å². The molecule has 1 amide bonds. The van der Waals surface area contributed by atoms with E-state index in [2.05, 4.69) is 21.2 Å². The number of anilines is 1. The smallest absolute Gasteiger partial charge is 0.262 e. The molecule has 0 aliphatic carbocycles. The second-order valence-corrected chi connectivity index (χ2v) is 4.99. The first-order valence-corrected chi connectivity index (χ1v) is 6.61. The molecule has 0 bridgehead atoms. The lowest BCUT2D eigenvalue weighted by molar-refractivity contribution is -0.118. The fraction of sp³-hybridized carbons (Fsp3) is 0.0714. The van der Waals surface area contributed by atoms with Crippen molar-refractivity contribution in [3.8, 4) is 11.5 Å². The molecule has 0 unspecified atom stereocenters. The number of phenolic OH excluding ortho intramolecular Hbond substituents is 1. The van der Waals surface area contributed by atoms with Gasteiger partial charge in [-0.25, -0.2) is 8.78 Å². The Morgan fingerprint density at radius 2 is 2.00 bits per heavy atom. The molecule has 2 aromatic carbocycles. The van der Waals surface area contributed by atoms with Crippen molar-refractivity contribution in [3.05, 3.63) is 52.5 Å². The van der Waals surface area contributed by atoms with Gasteiger partial charge < -0.3 is 15.2 Å². The third-order valence-corrected chi connectivity index (χ3v) is 2.98. The van der Waals surface area contributed by atoms with Gasteiger partial charge in [0.05, 0.1) is 5.69 Å². The number of carbonyl (C=O) groups excluding carboxylic acids is 1. The first-order chi connectivity index (χ1) is 9.95. The molecule has 0 atom stereocenters. The summed E-state index contributed by atoms with van der Waals surface area (Å²) in [6, 6.07) is 7.29. The van der Waals surface area contributed by atoms with E-state index in [1.807, 2.05) is 0 Å². The van der Waals surface area contributed by atoms with Crippen molar-refractivity contribution in [2.24, 2.45) is 0 Å². The van der Waals surface area contributed by atoms with Crippen LogP contribution in [0.4, 0.5) is 14.5 Å². The molecule has 7 heteroatoms. The van der Waals surface area contributed by atoms with Crippen molar-refractivity contribution in [1.82, 2.24) is 0 Å². The van der Waals surface area contributed by atoms with Crippen molar-refractivity contribution in [2.45, 2.75) is 0 Å². The zero-order valence-electron chi connectivity index (χ0n) is 10.6. The van der Waals surface area contributed by atoms with Crippen molar-refractivity contribution >= 4 is 27.5 Å². The van der Waals surface area contributed by atoms with Gasteiger partial charge in [-0.15, -0.1) is 0 Å². The van der Waals surface area contributed by atoms with Gasteiger partial charge in [-0.05, 0) is 30.3 Å². The van der Waals surface area contributed by atoms with Crippen LogP contribution in [-0.4, -0.2) is 17.6 Å². The van der Waals surface area contributed by atoms with Gasteiger partial charge >= 0.3 is 0 Å². The van der Waals surface area contributed by atoms with E-state index in [-0.39, 0.29) is 17.2 Å². The maximum Gasteiger partial charge on any atom is 0.262 e. The van der Waals surface area contributed by atoms with Gasteiger partial charge in [0.2, 0.25) is 0 Å². The first-order valence-electron chi connectivity index (χ1n) is 5.82. The molecule has 4 nitrogen and oxygen atoms in total. The number of ether oxygens (including phenoxy) is 1. The van der Waals surface area contributed by atoms with E-state index in [0.29, 0.717) is 10.5 Å². The van der Waals surface area contributed by atoms with E-state index in [1.54, 1.807) is 6.07 Å². The van der Waals surface area contributed by atoms with Crippen LogP contribution in [0.3, 0.4) is 0 Å². The van der Waals surface area contributed by atoms with Crippen molar-refractivity contribution in [1.29, 1.82) is 0 Å². The van der Waals surface area contributed by atoms with Gasteiger partial charge in [-0.3, -0.25) is 4.79 Å². The molecule has 0 fully saturated rings. The summed E-state index contributed by atoms with van der Waals surface area (Å²) < 4.78 is 31.6. The summed E-state index contributed by atoms with van der Waals surface area (Å²) in [5.41, 5.74) is 0.192. The number of nitrogens with one attached hydrogen (secondary N) is 1. The molecule has 0 aliphatic heterocycles. The third kappa shape index (κ3) is 4.16. The average Bonchev–Trinajstić information content (AvgIpc) is 2.42. The maximum atomic E-state index is 13.3. The van der Waals surface area contributed by atoms with E-state index < -0.39 is 24.1 Å². The molecule has 0 heterocycles. The Balaban J connectivity index is 1.97. The summed E-state index contributed by atoms with van der Waals surface area (Å²) in [7, 11) is 0. The molecule has 0 aromatic heterocycles. The van der Waals surface area contributed by atoms with Crippen LogP contribution in [0.1, 0.15) is 0 Å². The standard InChI is InChI=1S/C14H10BrF2NO3/c15-8-1-3-12(19)11(5-8)18-14(20)7-21-13-4-2-9(16)6-10(13)17/h1-6,19H,7H2,(H,18,20). The van der Waals surface area contributed by atoms with Crippen LogP contribution in [0.25, 0.3) is 0 Å². The summed E-state index contributed by atoms with van der Waals surface area (Å²) in [4.78, 5) is 11.7. The van der Waals surface area contributed by atoms with E-state index in [9.17, 15) is 18.7 Å². The van der Waals surface area contributed by atoms with Crippen LogP contribution >= 0.6 is 15.9 Å². The number of phenols is 1. The quantitative estimate of drug-likeness (QED) is 0.824. The van der Waals surface area contributed by atoms with E-state index in [1.165, 1.54) is 12.1 Å². The van der Waals surface area contributed by atoms with Crippen LogP contribution in [0.5, 0.6) is 11.5 Å². The SMILES string of the molecule is O=C(COc1ccc(F)cc1F)Nc1cc(Br)ccc1O. The molecular formula is C14H10BrF2NO3. The van der Waals surface area contributed by atoms with Crippen molar-refractivity contribution < 1.29 is 23.4 Å². The molecule has 0 radical (unpaired) electrons. The predicted octanol–water partition coefficient (Wildman–Crippen LogP) is 3.45. The average molecular weight is 358 g/mol.